The van der Waals surface area contributed by atoms with Gasteiger partial charge in [-0.05, 0) is 23.7 Å². The lowest BCUT2D eigenvalue weighted by Crippen LogP contribution is -2.67. The van der Waals surface area contributed by atoms with Crippen molar-refractivity contribution in [2.75, 3.05) is 20.3 Å². The van der Waals surface area contributed by atoms with Crippen LogP contribution in [0, 0.1) is 17.3 Å². The van der Waals surface area contributed by atoms with E-state index in [0.717, 1.165) is 19.6 Å². The minimum Gasteiger partial charge on any atom is -0.453 e. The molecule has 0 aromatic heterocycles. The molecule has 86 valence electrons. The third kappa shape index (κ3) is 1.61. The summed E-state index contributed by atoms with van der Waals surface area (Å²) in [5, 5.41) is 2.94. The lowest BCUT2D eigenvalue weighted by atomic mass is 9.50. The van der Waals surface area contributed by atoms with Gasteiger partial charge in [0.05, 0.1) is 13.7 Å². The molecule has 1 heterocycles. The van der Waals surface area contributed by atoms with Crippen LogP contribution in [0.2, 0.25) is 0 Å². The average Bonchev–Trinajstić information content (AvgIpc) is 2.25. The molecule has 15 heavy (non-hydrogen) atoms. The number of hydrogen-bond donors (Lipinski definition) is 1. The Bertz CT molecular complexity index is 265. The van der Waals surface area contributed by atoms with Crippen molar-refractivity contribution in [1.82, 2.24) is 5.32 Å². The van der Waals surface area contributed by atoms with Crippen LogP contribution in [-0.4, -0.2) is 32.5 Å². The number of amides is 1. The molecule has 4 nitrogen and oxygen atoms in total. The number of carbonyl (C=O) groups excluding carboxylic acids is 1. The standard InChI is InChI=1S/C11H19NO3/c1-11(2)8-6-15-5-4-7(8)9(11)12-10(13)14-3/h7-9H,4-6H2,1-3H3,(H,12,13)/t7?,8-,9+/m0/s1. The molecule has 3 atom stereocenters. The molecule has 0 aromatic carbocycles. The number of carbonyl (C=O) groups is 1. The summed E-state index contributed by atoms with van der Waals surface area (Å²) in [6.07, 6.45) is 0.723. The van der Waals surface area contributed by atoms with Crippen LogP contribution in [0.4, 0.5) is 4.79 Å². The molecule has 4 heteroatoms. The molecule has 0 spiro atoms. The highest BCUT2D eigenvalue weighted by Gasteiger charge is 2.57. The summed E-state index contributed by atoms with van der Waals surface area (Å²) < 4.78 is 10.1. The van der Waals surface area contributed by atoms with Crippen molar-refractivity contribution in [2.45, 2.75) is 26.3 Å². The van der Waals surface area contributed by atoms with Gasteiger partial charge in [-0.2, -0.15) is 0 Å². The van der Waals surface area contributed by atoms with Crippen molar-refractivity contribution in [3.63, 3.8) is 0 Å². The first-order valence-electron chi connectivity index (χ1n) is 5.49. The molecule has 0 bridgehead atoms. The molecule has 2 aliphatic rings. The van der Waals surface area contributed by atoms with Crippen LogP contribution in [0.3, 0.4) is 0 Å². The van der Waals surface area contributed by atoms with Gasteiger partial charge >= 0.3 is 6.09 Å². The smallest absolute Gasteiger partial charge is 0.407 e. The molecule has 1 aliphatic carbocycles. The van der Waals surface area contributed by atoms with Gasteiger partial charge < -0.3 is 14.8 Å². The quantitative estimate of drug-likeness (QED) is 0.716. The zero-order valence-corrected chi connectivity index (χ0v) is 9.58. The predicted octanol–water partition coefficient (Wildman–Crippen LogP) is 1.40. The molecule has 1 aliphatic heterocycles. The van der Waals surface area contributed by atoms with Crippen LogP contribution in [0.25, 0.3) is 0 Å². The van der Waals surface area contributed by atoms with Gasteiger partial charge in [-0.25, -0.2) is 4.79 Å². The Morgan fingerprint density at radius 3 is 2.93 bits per heavy atom. The molecule has 2 rings (SSSR count). The molecular formula is C11H19NO3. The number of methoxy groups -OCH3 is 1. The topological polar surface area (TPSA) is 47.6 Å². The van der Waals surface area contributed by atoms with Crippen LogP contribution in [0.1, 0.15) is 20.3 Å². The Labute approximate surface area is 90.3 Å². The minimum atomic E-state index is -0.321. The minimum absolute atomic E-state index is 0.124. The average molecular weight is 213 g/mol. The summed E-state index contributed by atoms with van der Waals surface area (Å²) in [5.41, 5.74) is 0.124. The van der Waals surface area contributed by atoms with E-state index in [1.165, 1.54) is 7.11 Å². The first-order chi connectivity index (χ1) is 7.07. The maximum absolute atomic E-state index is 11.2. The van der Waals surface area contributed by atoms with E-state index in [4.69, 9.17) is 4.74 Å². The number of nitrogens with one attached hydrogen (secondary N) is 1. The number of alkyl carbamates (subject to hydrolysis) is 1. The third-order valence-electron chi connectivity index (χ3n) is 4.05. The van der Waals surface area contributed by atoms with Crippen LogP contribution in [0.5, 0.6) is 0 Å². The Balaban J connectivity index is 2.02. The number of hydrogen-bond acceptors (Lipinski definition) is 3. The zero-order valence-electron chi connectivity index (χ0n) is 9.58. The Hall–Kier alpha value is -0.770. The van der Waals surface area contributed by atoms with E-state index in [1.807, 2.05) is 0 Å². The van der Waals surface area contributed by atoms with E-state index in [2.05, 4.69) is 23.9 Å². The predicted molar refractivity (Wildman–Crippen MR) is 55.5 cm³/mol. The molecule has 1 N–H and O–H groups in total. The number of ether oxygens (including phenoxy) is 2. The summed E-state index contributed by atoms with van der Waals surface area (Å²) in [4.78, 5) is 11.2. The first kappa shape index (κ1) is 10.7. The van der Waals surface area contributed by atoms with Crippen molar-refractivity contribution in [3.8, 4) is 0 Å². The summed E-state index contributed by atoms with van der Waals surface area (Å²) in [6.45, 7) is 6.01. The van der Waals surface area contributed by atoms with Crippen molar-refractivity contribution in [1.29, 1.82) is 0 Å². The number of fused-ring (bicyclic) bond motifs is 1. The summed E-state index contributed by atoms with van der Waals surface area (Å²) in [5.74, 6) is 1.14. The van der Waals surface area contributed by atoms with Crippen molar-refractivity contribution in [3.05, 3.63) is 0 Å². The summed E-state index contributed by atoms with van der Waals surface area (Å²) in [7, 11) is 1.41. The monoisotopic (exact) mass is 213 g/mol. The molecule has 1 saturated heterocycles. The maximum Gasteiger partial charge on any atom is 0.407 e. The highest BCUT2D eigenvalue weighted by Crippen LogP contribution is 2.53. The largest absolute Gasteiger partial charge is 0.453 e. The molecule has 1 amide bonds. The van der Waals surface area contributed by atoms with Crippen LogP contribution in [0.15, 0.2) is 0 Å². The highest BCUT2D eigenvalue weighted by atomic mass is 16.5. The van der Waals surface area contributed by atoms with E-state index in [-0.39, 0.29) is 17.6 Å². The number of rotatable bonds is 1. The Morgan fingerprint density at radius 1 is 1.53 bits per heavy atom. The van der Waals surface area contributed by atoms with Crippen LogP contribution in [-0.2, 0) is 9.47 Å². The van der Waals surface area contributed by atoms with Gasteiger partial charge in [-0.1, -0.05) is 13.8 Å². The highest BCUT2D eigenvalue weighted by molar-refractivity contribution is 5.67. The van der Waals surface area contributed by atoms with Crippen molar-refractivity contribution in [2.24, 2.45) is 17.3 Å². The third-order valence-corrected chi connectivity index (χ3v) is 4.05. The van der Waals surface area contributed by atoms with Crippen LogP contribution >= 0.6 is 0 Å². The van der Waals surface area contributed by atoms with Crippen molar-refractivity contribution < 1.29 is 14.3 Å². The molecule has 0 radical (unpaired) electrons. The summed E-state index contributed by atoms with van der Waals surface area (Å²) in [6, 6.07) is 0.235. The van der Waals surface area contributed by atoms with Gasteiger partial charge in [0.25, 0.3) is 0 Å². The second-order valence-corrected chi connectivity index (χ2v) is 5.07. The second-order valence-electron chi connectivity index (χ2n) is 5.07. The second kappa shape index (κ2) is 3.67. The Kier molecular flexibility index (Phi) is 2.63. The van der Waals surface area contributed by atoms with Gasteiger partial charge in [0, 0.05) is 12.6 Å². The fourth-order valence-electron chi connectivity index (χ4n) is 3.06. The fourth-order valence-corrected chi connectivity index (χ4v) is 3.06. The normalized spacial score (nSPS) is 37.4. The van der Waals surface area contributed by atoms with E-state index < -0.39 is 0 Å². The van der Waals surface area contributed by atoms with Gasteiger partial charge in [0.15, 0.2) is 0 Å². The van der Waals surface area contributed by atoms with Crippen molar-refractivity contribution >= 4 is 6.09 Å². The first-order valence-corrected chi connectivity index (χ1v) is 5.49. The lowest BCUT2D eigenvalue weighted by Gasteiger charge is -2.60. The molecule has 0 aromatic rings. The summed E-state index contributed by atoms with van der Waals surface area (Å²) >= 11 is 0. The van der Waals surface area contributed by atoms with Gasteiger partial charge in [-0.15, -0.1) is 0 Å². The molecular weight excluding hydrogens is 194 g/mol. The zero-order chi connectivity index (χ0) is 11.1. The van der Waals surface area contributed by atoms with E-state index in [0.29, 0.717) is 11.8 Å². The van der Waals surface area contributed by atoms with E-state index >= 15 is 0 Å². The SMILES string of the molecule is COC(=O)N[C@@H]1C2CCOC[C@@H]2C1(C)C. The van der Waals surface area contributed by atoms with E-state index in [9.17, 15) is 4.79 Å². The van der Waals surface area contributed by atoms with Crippen LogP contribution < -0.4 is 5.32 Å². The fraction of sp³-hybridized carbons (Fsp3) is 0.909. The molecule has 2 fully saturated rings. The lowest BCUT2D eigenvalue weighted by molar-refractivity contribution is -0.144. The van der Waals surface area contributed by atoms with Gasteiger partial charge in [-0.3, -0.25) is 0 Å². The molecule has 1 unspecified atom stereocenters. The van der Waals surface area contributed by atoms with Gasteiger partial charge in [0.2, 0.25) is 0 Å². The Morgan fingerprint density at radius 2 is 2.27 bits per heavy atom. The van der Waals surface area contributed by atoms with E-state index in [1.54, 1.807) is 0 Å². The maximum atomic E-state index is 11.2. The molecule has 1 saturated carbocycles. The van der Waals surface area contributed by atoms with Gasteiger partial charge in [0.1, 0.15) is 0 Å².